The fraction of sp³-hybridized carbons (Fsp3) is 0.417. The van der Waals surface area contributed by atoms with E-state index in [9.17, 15) is 13.2 Å². The number of hydrogen-bond acceptors (Lipinski definition) is 3. The Morgan fingerprint density at radius 3 is 2.50 bits per heavy atom. The molecule has 1 rings (SSSR count). The van der Waals surface area contributed by atoms with Crippen LogP contribution in [0.5, 0.6) is 0 Å². The van der Waals surface area contributed by atoms with Gasteiger partial charge in [-0.2, -0.15) is 13.2 Å². The molecule has 18 heavy (non-hydrogen) atoms. The Bertz CT molecular complexity index is 439. The summed E-state index contributed by atoms with van der Waals surface area (Å²) in [6, 6.07) is 3.45. The summed E-state index contributed by atoms with van der Waals surface area (Å²) < 4.78 is 43.1. The Balaban J connectivity index is 3.17. The van der Waals surface area contributed by atoms with Gasteiger partial charge in [0.2, 0.25) is 0 Å². The number of nitrogens with two attached hydrogens (primary N) is 1. The number of benzene rings is 1. The molecule has 3 nitrogen and oxygen atoms in total. The number of halogens is 3. The predicted molar refractivity (Wildman–Crippen MR) is 63.8 cm³/mol. The first-order valence-electron chi connectivity index (χ1n) is 5.39. The Hall–Kier alpha value is -1.56. The summed E-state index contributed by atoms with van der Waals surface area (Å²) >= 11 is 0. The third kappa shape index (κ3) is 3.01. The number of anilines is 1. The Labute approximate surface area is 103 Å². The lowest BCUT2D eigenvalue weighted by molar-refractivity contribution is -0.136. The summed E-state index contributed by atoms with van der Waals surface area (Å²) in [7, 11) is 1.42. The van der Waals surface area contributed by atoms with E-state index in [0.717, 1.165) is 12.1 Å². The zero-order chi connectivity index (χ0) is 13.9. The van der Waals surface area contributed by atoms with Crippen molar-refractivity contribution in [3.8, 4) is 0 Å². The smallest absolute Gasteiger partial charge is 0.398 e. The maximum atomic E-state index is 12.7. The van der Waals surface area contributed by atoms with E-state index in [2.05, 4.69) is 0 Å². The maximum Gasteiger partial charge on any atom is 0.418 e. The van der Waals surface area contributed by atoms with Crippen LogP contribution in [0.2, 0.25) is 0 Å². The van der Waals surface area contributed by atoms with Crippen LogP contribution in [0.3, 0.4) is 0 Å². The second-order valence-corrected chi connectivity index (χ2v) is 3.85. The molecule has 1 aromatic rings. The molecular formula is C12H15F3N2O. The van der Waals surface area contributed by atoms with Crippen molar-refractivity contribution < 1.29 is 17.9 Å². The highest BCUT2D eigenvalue weighted by molar-refractivity contribution is 6.02. The van der Waals surface area contributed by atoms with Crippen molar-refractivity contribution in [2.24, 2.45) is 0 Å². The van der Waals surface area contributed by atoms with Crippen molar-refractivity contribution in [1.29, 1.82) is 5.41 Å². The van der Waals surface area contributed by atoms with Gasteiger partial charge in [0.05, 0.1) is 17.4 Å². The molecule has 0 saturated carbocycles. The fourth-order valence-corrected chi connectivity index (χ4v) is 1.64. The van der Waals surface area contributed by atoms with Crippen LogP contribution >= 0.6 is 0 Å². The van der Waals surface area contributed by atoms with Crippen molar-refractivity contribution >= 4 is 11.4 Å². The van der Waals surface area contributed by atoms with Gasteiger partial charge in [-0.25, -0.2) is 0 Å². The van der Waals surface area contributed by atoms with Gasteiger partial charge >= 0.3 is 6.18 Å². The second-order valence-electron chi connectivity index (χ2n) is 3.85. The number of ether oxygens (including phenoxy) is 1. The van der Waals surface area contributed by atoms with Gasteiger partial charge in [-0.1, -0.05) is 13.0 Å². The number of alkyl halides is 3. The number of hydrogen-bond donors (Lipinski definition) is 2. The number of rotatable bonds is 4. The molecule has 0 saturated heterocycles. The quantitative estimate of drug-likeness (QED) is 0.645. The largest absolute Gasteiger partial charge is 0.418 e. The molecule has 1 aromatic carbocycles. The van der Waals surface area contributed by atoms with Gasteiger partial charge in [-0.15, -0.1) is 0 Å². The van der Waals surface area contributed by atoms with Gasteiger partial charge in [0.25, 0.3) is 0 Å². The Kier molecular flexibility index (Phi) is 4.34. The van der Waals surface area contributed by atoms with Crippen LogP contribution in [0.4, 0.5) is 18.9 Å². The monoisotopic (exact) mass is 260 g/mol. The number of methoxy groups -OCH3 is 1. The molecule has 3 N–H and O–H groups in total. The van der Waals surface area contributed by atoms with Crippen molar-refractivity contribution in [2.75, 3.05) is 12.8 Å². The summed E-state index contributed by atoms with van der Waals surface area (Å²) in [5.41, 5.74) is 4.22. The molecule has 100 valence electrons. The van der Waals surface area contributed by atoms with E-state index in [1.807, 2.05) is 0 Å². The summed E-state index contributed by atoms with van der Waals surface area (Å²) in [6.45, 7) is 1.80. The number of nitrogen functional groups attached to an aromatic ring is 1. The number of nitrogens with one attached hydrogen (secondary N) is 1. The minimum Gasteiger partial charge on any atom is -0.398 e. The van der Waals surface area contributed by atoms with Crippen LogP contribution in [0, 0.1) is 5.41 Å². The fourth-order valence-electron chi connectivity index (χ4n) is 1.64. The lowest BCUT2D eigenvalue weighted by Gasteiger charge is -2.17. The zero-order valence-electron chi connectivity index (χ0n) is 10.1. The molecule has 0 bridgehead atoms. The van der Waals surface area contributed by atoms with Crippen molar-refractivity contribution in [3.63, 3.8) is 0 Å². The molecule has 6 heteroatoms. The molecule has 0 radical (unpaired) electrons. The Morgan fingerprint density at radius 1 is 1.44 bits per heavy atom. The molecule has 0 unspecified atom stereocenters. The standard InChI is InChI=1S/C12H15F3N2O/c1-3-10(18-2)11(17)7-4-5-9(16)8(6-7)12(13,14)15/h4-6,10,17H,3,16H2,1-2H3/t10-/m1/s1. The topological polar surface area (TPSA) is 59.1 Å². The molecule has 0 aliphatic carbocycles. The van der Waals surface area contributed by atoms with Crippen molar-refractivity contribution in [1.82, 2.24) is 0 Å². The summed E-state index contributed by atoms with van der Waals surface area (Å²) in [4.78, 5) is 0. The lowest BCUT2D eigenvalue weighted by Crippen LogP contribution is -2.23. The normalized spacial score (nSPS) is 13.4. The summed E-state index contributed by atoms with van der Waals surface area (Å²) in [5, 5.41) is 7.83. The van der Waals surface area contributed by atoms with Crippen molar-refractivity contribution in [2.45, 2.75) is 25.6 Å². The van der Waals surface area contributed by atoms with Gasteiger partial charge in [0.1, 0.15) is 0 Å². The van der Waals surface area contributed by atoms with Gasteiger partial charge in [-0.05, 0) is 24.1 Å². The van der Waals surface area contributed by atoms with Crippen LogP contribution in [-0.4, -0.2) is 18.9 Å². The van der Waals surface area contributed by atoms with E-state index >= 15 is 0 Å². The lowest BCUT2D eigenvalue weighted by atomic mass is 10.00. The van der Waals surface area contributed by atoms with Crippen LogP contribution in [0.15, 0.2) is 18.2 Å². The average molecular weight is 260 g/mol. The van der Waals surface area contributed by atoms with E-state index in [4.69, 9.17) is 15.9 Å². The van der Waals surface area contributed by atoms with E-state index in [1.54, 1.807) is 6.92 Å². The maximum absolute atomic E-state index is 12.7. The van der Waals surface area contributed by atoms with Crippen molar-refractivity contribution in [3.05, 3.63) is 29.3 Å². The molecule has 0 aliphatic heterocycles. The minimum absolute atomic E-state index is 0.0190. The molecule has 1 atom stereocenters. The second kappa shape index (κ2) is 5.39. The minimum atomic E-state index is -4.52. The van der Waals surface area contributed by atoms with Gasteiger partial charge in [-0.3, -0.25) is 0 Å². The predicted octanol–water partition coefficient (Wildman–Crippen LogP) is 3.08. The van der Waals surface area contributed by atoms with Gasteiger partial charge < -0.3 is 15.9 Å². The first-order valence-corrected chi connectivity index (χ1v) is 5.39. The third-order valence-corrected chi connectivity index (χ3v) is 2.65. The molecule has 0 amide bonds. The van der Waals surface area contributed by atoms with Crippen LogP contribution in [-0.2, 0) is 10.9 Å². The van der Waals surface area contributed by atoms with E-state index in [-0.39, 0.29) is 17.0 Å². The zero-order valence-corrected chi connectivity index (χ0v) is 10.1. The highest BCUT2D eigenvalue weighted by Gasteiger charge is 2.33. The van der Waals surface area contributed by atoms with E-state index in [1.165, 1.54) is 13.2 Å². The summed E-state index contributed by atoms with van der Waals surface area (Å²) in [5.74, 6) is 0. The molecule has 0 fully saturated rings. The molecule has 0 spiro atoms. The van der Waals surface area contributed by atoms with E-state index < -0.39 is 17.8 Å². The van der Waals surface area contributed by atoms with Crippen LogP contribution < -0.4 is 5.73 Å². The van der Waals surface area contributed by atoms with Gasteiger partial charge in [0.15, 0.2) is 0 Å². The third-order valence-electron chi connectivity index (χ3n) is 2.65. The molecule has 0 aliphatic rings. The molecular weight excluding hydrogens is 245 g/mol. The average Bonchev–Trinajstić information content (AvgIpc) is 2.29. The van der Waals surface area contributed by atoms with E-state index in [0.29, 0.717) is 6.42 Å². The highest BCUT2D eigenvalue weighted by Crippen LogP contribution is 2.34. The molecule has 0 aromatic heterocycles. The van der Waals surface area contributed by atoms with Crippen LogP contribution in [0.25, 0.3) is 0 Å². The molecule has 0 heterocycles. The highest BCUT2D eigenvalue weighted by atomic mass is 19.4. The van der Waals surface area contributed by atoms with Crippen LogP contribution in [0.1, 0.15) is 24.5 Å². The van der Waals surface area contributed by atoms with Gasteiger partial charge in [0, 0.05) is 12.8 Å². The summed E-state index contributed by atoms with van der Waals surface area (Å²) in [6.07, 6.45) is -4.52. The Morgan fingerprint density at radius 2 is 2.06 bits per heavy atom. The first-order chi connectivity index (χ1) is 8.31. The SMILES string of the molecule is CC[C@@H](OC)C(=N)c1ccc(N)c(C(F)(F)F)c1. The first kappa shape index (κ1) is 14.5.